The molecule has 2 aliphatic rings. The van der Waals surface area contributed by atoms with Crippen molar-refractivity contribution in [2.45, 2.75) is 30.5 Å². The molecule has 6 nitrogen and oxygen atoms in total. The van der Waals surface area contributed by atoms with Crippen LogP contribution in [-0.4, -0.2) is 44.2 Å². The highest BCUT2D eigenvalue weighted by Crippen LogP contribution is 2.33. The van der Waals surface area contributed by atoms with E-state index < -0.39 is 0 Å². The normalized spacial score (nSPS) is 19.4. The van der Waals surface area contributed by atoms with Gasteiger partial charge >= 0.3 is 0 Å². The van der Waals surface area contributed by atoms with Gasteiger partial charge in [0.15, 0.2) is 5.16 Å². The monoisotopic (exact) mass is 398 g/mol. The van der Waals surface area contributed by atoms with E-state index in [1.54, 1.807) is 32.6 Å². The molecule has 0 spiro atoms. The van der Waals surface area contributed by atoms with Gasteiger partial charge in [0, 0.05) is 37.5 Å². The molecule has 0 bridgehead atoms. The Morgan fingerprint density at radius 1 is 1.22 bits per heavy atom. The molecule has 3 aromatic rings. The van der Waals surface area contributed by atoms with Crippen LogP contribution in [0.15, 0.2) is 40.4 Å². The van der Waals surface area contributed by atoms with Gasteiger partial charge in [-0.3, -0.25) is 14.2 Å². The molecular weight excluding hydrogens is 380 g/mol. The quantitative estimate of drug-likeness (QED) is 0.621. The second-order valence-corrected chi connectivity index (χ2v) is 8.99. The van der Waals surface area contributed by atoms with Gasteiger partial charge in [0.25, 0.3) is 11.5 Å². The molecule has 0 aliphatic carbocycles. The van der Waals surface area contributed by atoms with E-state index in [0.29, 0.717) is 24.8 Å². The van der Waals surface area contributed by atoms with Crippen molar-refractivity contribution in [1.82, 2.24) is 19.4 Å². The Morgan fingerprint density at radius 3 is 3.00 bits per heavy atom. The molecule has 2 aliphatic heterocycles. The van der Waals surface area contributed by atoms with E-state index in [-0.39, 0.29) is 22.9 Å². The van der Waals surface area contributed by atoms with Crippen molar-refractivity contribution in [2.24, 2.45) is 0 Å². The lowest BCUT2D eigenvalue weighted by Crippen LogP contribution is -2.42. The van der Waals surface area contributed by atoms with Crippen molar-refractivity contribution >= 4 is 39.2 Å². The molecule has 1 atom stereocenters. The predicted octanol–water partition coefficient (Wildman–Crippen LogP) is 2.98. The Balaban J connectivity index is 1.41. The van der Waals surface area contributed by atoms with E-state index in [2.05, 4.69) is 11.1 Å². The molecule has 4 heterocycles. The van der Waals surface area contributed by atoms with Gasteiger partial charge in [-0.2, -0.15) is 0 Å². The minimum atomic E-state index is -0.211. The largest absolute Gasteiger partial charge is 0.338 e. The van der Waals surface area contributed by atoms with Gasteiger partial charge in [0.05, 0.1) is 15.2 Å². The number of aromatic nitrogens is 3. The topological polar surface area (TPSA) is 68.1 Å². The van der Waals surface area contributed by atoms with E-state index in [1.165, 1.54) is 10.9 Å². The fourth-order valence-corrected chi connectivity index (χ4v) is 5.77. The van der Waals surface area contributed by atoms with Crippen LogP contribution in [0.2, 0.25) is 0 Å². The van der Waals surface area contributed by atoms with Crippen LogP contribution in [0.5, 0.6) is 0 Å². The summed E-state index contributed by atoms with van der Waals surface area (Å²) >= 11 is 3.26. The van der Waals surface area contributed by atoms with E-state index in [9.17, 15) is 9.59 Å². The maximum absolute atomic E-state index is 13.0. The van der Waals surface area contributed by atoms with Crippen LogP contribution in [0.25, 0.3) is 10.2 Å². The minimum absolute atomic E-state index is 0.186. The summed E-state index contributed by atoms with van der Waals surface area (Å²) in [6, 6.07) is 8.12. The van der Waals surface area contributed by atoms with Crippen molar-refractivity contribution in [3.05, 3.63) is 51.4 Å². The maximum Gasteiger partial charge on any atom is 0.267 e. The average Bonchev–Trinajstić information content (AvgIpc) is 3.35. The third kappa shape index (κ3) is 2.96. The fraction of sp³-hybridized carbons (Fsp3) is 0.368. The molecule has 27 heavy (non-hydrogen) atoms. The number of piperidine rings is 1. The summed E-state index contributed by atoms with van der Waals surface area (Å²) in [5, 5.41) is 1.79. The first kappa shape index (κ1) is 16.9. The summed E-state index contributed by atoms with van der Waals surface area (Å²) in [7, 11) is 0. The first-order chi connectivity index (χ1) is 13.2. The number of rotatable bonds is 2. The Morgan fingerprint density at radius 2 is 2.11 bits per heavy atom. The summed E-state index contributed by atoms with van der Waals surface area (Å²) in [5.41, 5.74) is 0.989. The Bertz CT molecular complexity index is 1060. The molecule has 0 saturated carbocycles. The van der Waals surface area contributed by atoms with Crippen LogP contribution in [0, 0.1) is 0 Å². The highest BCUT2D eigenvalue weighted by molar-refractivity contribution is 7.99. The van der Waals surface area contributed by atoms with Crippen LogP contribution in [-0.2, 0) is 6.54 Å². The predicted molar refractivity (Wildman–Crippen MR) is 107 cm³/mol. The standard InChI is InChI=1S/C19H18N4O2S2/c24-17(13-10-20-19-23(18(13)25)8-9-26-19)22-7-3-4-12(11-22)16-21-14-5-1-2-6-15(14)27-16/h1-2,5-6,10,12H,3-4,7-9,11H2/t12-/m1/s1. The number of amides is 1. The third-order valence-corrected chi connectivity index (χ3v) is 7.32. The fourth-order valence-electron chi connectivity index (χ4n) is 3.76. The number of benzene rings is 1. The van der Waals surface area contributed by atoms with Crippen molar-refractivity contribution < 1.29 is 4.79 Å². The second-order valence-electron chi connectivity index (χ2n) is 6.87. The number of thioether (sulfide) groups is 1. The first-order valence-corrected chi connectivity index (χ1v) is 10.9. The molecule has 138 valence electrons. The number of fused-ring (bicyclic) bond motifs is 2. The molecule has 1 aromatic carbocycles. The lowest BCUT2D eigenvalue weighted by Gasteiger charge is -2.31. The van der Waals surface area contributed by atoms with Gasteiger partial charge in [-0.15, -0.1) is 11.3 Å². The number of thiazole rings is 1. The highest BCUT2D eigenvalue weighted by atomic mass is 32.2. The molecule has 0 radical (unpaired) electrons. The van der Waals surface area contributed by atoms with Crippen molar-refractivity contribution in [2.75, 3.05) is 18.8 Å². The number of nitrogens with zero attached hydrogens (tertiary/aromatic N) is 4. The molecule has 1 amide bonds. The maximum atomic E-state index is 13.0. The second kappa shape index (κ2) is 6.76. The van der Waals surface area contributed by atoms with Crippen LogP contribution in [0.3, 0.4) is 0 Å². The van der Waals surface area contributed by atoms with Crippen LogP contribution in [0.1, 0.15) is 34.1 Å². The zero-order valence-electron chi connectivity index (χ0n) is 14.6. The van der Waals surface area contributed by atoms with E-state index in [1.807, 2.05) is 18.2 Å². The lowest BCUT2D eigenvalue weighted by molar-refractivity contribution is 0.0703. The van der Waals surface area contributed by atoms with Gasteiger partial charge in [-0.05, 0) is 25.0 Å². The summed E-state index contributed by atoms with van der Waals surface area (Å²) in [6.45, 7) is 1.91. The number of hydrogen-bond donors (Lipinski definition) is 0. The number of carbonyl (C=O) groups is 1. The summed E-state index contributed by atoms with van der Waals surface area (Å²) in [5.74, 6) is 0.856. The van der Waals surface area contributed by atoms with Gasteiger partial charge in [0.2, 0.25) is 0 Å². The lowest BCUT2D eigenvalue weighted by atomic mass is 9.98. The third-order valence-electron chi connectivity index (χ3n) is 5.16. The van der Waals surface area contributed by atoms with Gasteiger partial charge in [-0.1, -0.05) is 23.9 Å². The number of hydrogen-bond acceptors (Lipinski definition) is 6. The molecule has 0 unspecified atom stereocenters. The van der Waals surface area contributed by atoms with E-state index >= 15 is 0 Å². The molecule has 8 heteroatoms. The molecule has 2 aromatic heterocycles. The highest BCUT2D eigenvalue weighted by Gasteiger charge is 2.30. The molecule has 1 fully saturated rings. The van der Waals surface area contributed by atoms with Gasteiger partial charge in [-0.25, -0.2) is 9.97 Å². The van der Waals surface area contributed by atoms with Crippen molar-refractivity contribution in [1.29, 1.82) is 0 Å². The average molecular weight is 399 g/mol. The summed E-state index contributed by atoms with van der Waals surface area (Å²) in [6.07, 6.45) is 3.39. The van der Waals surface area contributed by atoms with Crippen molar-refractivity contribution in [3.63, 3.8) is 0 Å². The molecule has 1 saturated heterocycles. The first-order valence-electron chi connectivity index (χ1n) is 9.08. The van der Waals surface area contributed by atoms with Crippen LogP contribution < -0.4 is 5.56 Å². The van der Waals surface area contributed by atoms with Crippen LogP contribution >= 0.6 is 23.1 Å². The van der Waals surface area contributed by atoms with Gasteiger partial charge in [0.1, 0.15) is 5.56 Å². The zero-order chi connectivity index (χ0) is 18.4. The number of carbonyl (C=O) groups excluding carboxylic acids is 1. The minimum Gasteiger partial charge on any atom is -0.338 e. The SMILES string of the molecule is O=C(c1cnc2n(c1=O)CCS2)N1CCC[C@@H](c2nc3ccccc3s2)C1. The van der Waals surface area contributed by atoms with Gasteiger partial charge < -0.3 is 4.90 Å². The van der Waals surface area contributed by atoms with Crippen LogP contribution in [0.4, 0.5) is 0 Å². The molecule has 5 rings (SSSR count). The summed E-state index contributed by atoms with van der Waals surface area (Å²) < 4.78 is 2.79. The molecular formula is C19H18N4O2S2. The van der Waals surface area contributed by atoms with E-state index in [0.717, 1.165) is 29.1 Å². The smallest absolute Gasteiger partial charge is 0.267 e. The zero-order valence-corrected chi connectivity index (χ0v) is 16.3. The Labute approximate surface area is 164 Å². The molecule has 0 N–H and O–H groups in total. The van der Waals surface area contributed by atoms with E-state index in [4.69, 9.17) is 4.98 Å². The summed E-state index contributed by atoms with van der Waals surface area (Å²) in [4.78, 5) is 36.6. The number of likely N-dealkylation sites (tertiary alicyclic amines) is 1. The Hall–Kier alpha value is -2.19. The number of para-hydroxylation sites is 1. The van der Waals surface area contributed by atoms with Crippen molar-refractivity contribution in [3.8, 4) is 0 Å². The Kier molecular flexibility index (Phi) is 4.24.